The quantitative estimate of drug-likeness (QED) is 0.771. The summed E-state index contributed by atoms with van der Waals surface area (Å²) in [7, 11) is 0. The van der Waals surface area contributed by atoms with Crippen LogP contribution in [0.4, 0.5) is 0 Å². The van der Waals surface area contributed by atoms with Gasteiger partial charge in [0, 0.05) is 30.1 Å². The van der Waals surface area contributed by atoms with Crippen LogP contribution in [0.3, 0.4) is 0 Å². The first-order valence-electron chi connectivity index (χ1n) is 9.05. The first kappa shape index (κ1) is 17.0. The largest absolute Gasteiger partial charge is 0.346 e. The van der Waals surface area contributed by atoms with Gasteiger partial charge in [-0.3, -0.25) is 4.79 Å². The Balaban J connectivity index is 1.72. The molecule has 1 aromatic heterocycles. The highest BCUT2D eigenvalue weighted by molar-refractivity contribution is 6.07. The highest BCUT2D eigenvalue weighted by Crippen LogP contribution is 2.32. The van der Waals surface area contributed by atoms with Gasteiger partial charge in [0.15, 0.2) is 0 Å². The van der Waals surface area contributed by atoms with Crippen LogP contribution in [0.5, 0.6) is 0 Å². The molecule has 0 spiro atoms. The molecule has 0 bridgehead atoms. The van der Waals surface area contributed by atoms with Crippen molar-refractivity contribution < 1.29 is 4.79 Å². The van der Waals surface area contributed by atoms with Crippen LogP contribution < -0.4 is 5.43 Å². The molecule has 0 radical (unpaired) electrons. The number of benzene rings is 2. The molecule has 0 saturated carbocycles. The zero-order valence-corrected chi connectivity index (χ0v) is 15.1. The number of hydrazone groups is 1. The Morgan fingerprint density at radius 2 is 2.00 bits per heavy atom. The van der Waals surface area contributed by atoms with E-state index in [1.807, 2.05) is 49.5 Å². The molecule has 2 aromatic carbocycles. The van der Waals surface area contributed by atoms with Crippen molar-refractivity contribution in [3.8, 4) is 6.07 Å². The standard InChI is InChI=1S/C22H20N4O/c1-15-7-9-16(10-8-15)20-13-18(22(27)25-24-20)19-14-26(12-4-11-23)21-6-3-2-5-17(19)21/h2-3,5-10,14,18H,4,12-13H2,1H3,(H,25,27). The fraction of sp³-hybridized carbons (Fsp3) is 0.227. The number of nitrogens with zero attached hydrogens (tertiary/aromatic N) is 3. The Bertz CT molecular complexity index is 1070. The molecule has 3 aromatic rings. The van der Waals surface area contributed by atoms with Gasteiger partial charge in [-0.25, -0.2) is 5.43 Å². The lowest BCUT2D eigenvalue weighted by molar-refractivity contribution is -0.122. The number of rotatable bonds is 4. The Hall–Kier alpha value is -3.39. The molecule has 1 aliphatic heterocycles. The molecule has 4 rings (SSSR count). The summed E-state index contributed by atoms with van der Waals surface area (Å²) in [6.07, 6.45) is 3.01. The number of carbonyl (C=O) groups excluding carboxylic acids is 1. The van der Waals surface area contributed by atoms with E-state index in [1.54, 1.807) is 0 Å². The minimum absolute atomic E-state index is 0.0888. The summed E-state index contributed by atoms with van der Waals surface area (Å²) < 4.78 is 2.07. The highest BCUT2D eigenvalue weighted by Gasteiger charge is 2.29. The molecule has 2 heterocycles. The molecule has 27 heavy (non-hydrogen) atoms. The number of aryl methyl sites for hydroxylation is 2. The lowest BCUT2D eigenvalue weighted by Crippen LogP contribution is -2.33. The molecule has 5 nitrogen and oxygen atoms in total. The minimum Gasteiger partial charge on any atom is -0.346 e. The molecule has 0 saturated heterocycles. The van der Waals surface area contributed by atoms with Gasteiger partial charge in [-0.15, -0.1) is 0 Å². The summed E-state index contributed by atoms with van der Waals surface area (Å²) in [5.74, 6) is -0.388. The first-order chi connectivity index (χ1) is 13.2. The van der Waals surface area contributed by atoms with Crippen molar-refractivity contribution in [2.24, 2.45) is 5.10 Å². The number of aromatic nitrogens is 1. The van der Waals surface area contributed by atoms with Gasteiger partial charge < -0.3 is 4.57 Å². The first-order valence-corrected chi connectivity index (χ1v) is 9.05. The third-order valence-corrected chi connectivity index (χ3v) is 5.06. The molecular formula is C22H20N4O. The zero-order chi connectivity index (χ0) is 18.8. The number of carbonyl (C=O) groups is 1. The van der Waals surface area contributed by atoms with Crippen LogP contribution in [0, 0.1) is 18.3 Å². The lowest BCUT2D eigenvalue weighted by Gasteiger charge is -2.21. The van der Waals surface area contributed by atoms with E-state index in [4.69, 9.17) is 5.26 Å². The minimum atomic E-state index is -0.299. The zero-order valence-electron chi connectivity index (χ0n) is 15.1. The van der Waals surface area contributed by atoms with Crippen LogP contribution in [0.2, 0.25) is 0 Å². The summed E-state index contributed by atoms with van der Waals surface area (Å²) in [4.78, 5) is 12.6. The number of hydrogen-bond acceptors (Lipinski definition) is 3. The van der Waals surface area contributed by atoms with Crippen LogP contribution in [-0.2, 0) is 11.3 Å². The molecular weight excluding hydrogens is 336 g/mol. The van der Waals surface area contributed by atoms with E-state index < -0.39 is 0 Å². The topological polar surface area (TPSA) is 70.2 Å². The maximum atomic E-state index is 12.6. The third-order valence-electron chi connectivity index (χ3n) is 5.06. The van der Waals surface area contributed by atoms with Crippen LogP contribution >= 0.6 is 0 Å². The number of amides is 1. The van der Waals surface area contributed by atoms with Gasteiger partial charge >= 0.3 is 0 Å². The summed E-state index contributed by atoms with van der Waals surface area (Å²) >= 11 is 0. The monoisotopic (exact) mass is 356 g/mol. The number of hydrogen-bond donors (Lipinski definition) is 1. The maximum absolute atomic E-state index is 12.6. The molecule has 1 aliphatic rings. The van der Waals surface area contributed by atoms with Gasteiger partial charge in [0.2, 0.25) is 5.91 Å². The second-order valence-corrected chi connectivity index (χ2v) is 6.86. The summed E-state index contributed by atoms with van der Waals surface area (Å²) in [5.41, 5.74) is 7.84. The normalized spacial score (nSPS) is 16.7. The summed E-state index contributed by atoms with van der Waals surface area (Å²) in [6.45, 7) is 2.66. The van der Waals surface area contributed by atoms with Gasteiger partial charge in [0.1, 0.15) is 0 Å². The Labute approximate surface area is 157 Å². The number of nitriles is 1. The molecule has 1 atom stereocenters. The van der Waals surface area contributed by atoms with Crippen molar-refractivity contribution in [2.45, 2.75) is 32.2 Å². The van der Waals surface area contributed by atoms with Crippen molar-refractivity contribution in [3.63, 3.8) is 0 Å². The molecule has 0 fully saturated rings. The van der Waals surface area contributed by atoms with E-state index in [0.717, 1.165) is 27.7 Å². The van der Waals surface area contributed by atoms with Gasteiger partial charge in [-0.05, 0) is 24.1 Å². The average Bonchev–Trinajstić information content (AvgIpc) is 3.06. The second-order valence-electron chi connectivity index (χ2n) is 6.86. The van der Waals surface area contributed by atoms with Crippen molar-refractivity contribution >= 4 is 22.5 Å². The van der Waals surface area contributed by atoms with E-state index in [2.05, 4.69) is 33.3 Å². The molecule has 5 heteroatoms. The highest BCUT2D eigenvalue weighted by atomic mass is 16.2. The molecule has 1 N–H and O–H groups in total. The Morgan fingerprint density at radius 3 is 2.78 bits per heavy atom. The SMILES string of the molecule is Cc1ccc(C2=NNC(=O)C(c3cn(CCC#N)c4ccccc34)C2)cc1. The fourth-order valence-corrected chi connectivity index (χ4v) is 3.62. The number of para-hydroxylation sites is 1. The summed E-state index contributed by atoms with van der Waals surface area (Å²) in [6, 6.07) is 18.4. The predicted molar refractivity (Wildman–Crippen MR) is 105 cm³/mol. The van der Waals surface area contributed by atoms with Crippen molar-refractivity contribution in [2.75, 3.05) is 0 Å². The van der Waals surface area contributed by atoms with E-state index in [1.165, 1.54) is 5.56 Å². The van der Waals surface area contributed by atoms with Crippen LogP contribution in [-0.4, -0.2) is 16.2 Å². The van der Waals surface area contributed by atoms with E-state index in [9.17, 15) is 4.79 Å². The van der Waals surface area contributed by atoms with E-state index in [0.29, 0.717) is 19.4 Å². The van der Waals surface area contributed by atoms with Gasteiger partial charge in [0.05, 0.1) is 24.1 Å². The van der Waals surface area contributed by atoms with Gasteiger partial charge in [0.25, 0.3) is 0 Å². The van der Waals surface area contributed by atoms with Crippen LogP contribution in [0.25, 0.3) is 10.9 Å². The number of fused-ring (bicyclic) bond motifs is 1. The van der Waals surface area contributed by atoms with Gasteiger partial charge in [-0.1, -0.05) is 48.0 Å². The van der Waals surface area contributed by atoms with Crippen molar-refractivity contribution in [1.82, 2.24) is 9.99 Å². The van der Waals surface area contributed by atoms with Gasteiger partial charge in [-0.2, -0.15) is 10.4 Å². The summed E-state index contributed by atoms with van der Waals surface area (Å²) in [5, 5.41) is 14.3. The maximum Gasteiger partial charge on any atom is 0.248 e. The van der Waals surface area contributed by atoms with Crippen LogP contribution in [0.1, 0.15) is 35.4 Å². The fourth-order valence-electron chi connectivity index (χ4n) is 3.62. The van der Waals surface area contributed by atoms with Crippen LogP contribution in [0.15, 0.2) is 59.8 Å². The van der Waals surface area contributed by atoms with Crippen molar-refractivity contribution in [3.05, 3.63) is 71.4 Å². The molecule has 1 amide bonds. The van der Waals surface area contributed by atoms with E-state index >= 15 is 0 Å². The van der Waals surface area contributed by atoms with E-state index in [-0.39, 0.29) is 11.8 Å². The Kier molecular flexibility index (Phi) is 4.47. The third kappa shape index (κ3) is 3.22. The Morgan fingerprint density at radius 1 is 1.22 bits per heavy atom. The predicted octanol–water partition coefficient (Wildman–Crippen LogP) is 3.87. The number of nitrogens with one attached hydrogen (secondary N) is 1. The smallest absolute Gasteiger partial charge is 0.248 e. The molecule has 0 aliphatic carbocycles. The molecule has 134 valence electrons. The average molecular weight is 356 g/mol. The second kappa shape index (κ2) is 7.08. The lowest BCUT2D eigenvalue weighted by atomic mass is 9.89. The molecule has 1 unspecified atom stereocenters. The van der Waals surface area contributed by atoms with Crippen molar-refractivity contribution in [1.29, 1.82) is 5.26 Å².